The van der Waals surface area contributed by atoms with E-state index >= 15 is 0 Å². The number of hydrogen-bond donors (Lipinski definition) is 0. The van der Waals surface area contributed by atoms with Crippen LogP contribution in [0.1, 0.15) is 52.0 Å². The van der Waals surface area contributed by atoms with E-state index in [-0.39, 0.29) is 0 Å². The molecule has 0 radical (unpaired) electrons. The number of hydrogen-bond acceptors (Lipinski definition) is 3. The third-order valence-corrected chi connectivity index (χ3v) is 4.26. The van der Waals surface area contributed by atoms with Crippen molar-refractivity contribution >= 4 is 17.8 Å². The number of benzene rings is 1. The molecule has 0 saturated heterocycles. The Bertz CT molecular complexity index is 543. The first-order valence-corrected chi connectivity index (χ1v) is 7.95. The minimum Gasteiger partial charge on any atom is -0.314 e. The van der Waals surface area contributed by atoms with Gasteiger partial charge >= 0.3 is 5.97 Å². The SMILES string of the molecule is CC(C)(C)C1CCC(=NOC(=O)/C=C\c2ccccc2)CC1. The van der Waals surface area contributed by atoms with Gasteiger partial charge in [0.25, 0.3) is 0 Å². The van der Waals surface area contributed by atoms with E-state index in [0.717, 1.165) is 42.9 Å². The van der Waals surface area contributed by atoms with E-state index in [0.29, 0.717) is 5.41 Å². The molecule has 1 aromatic rings. The molecule has 0 bridgehead atoms. The summed E-state index contributed by atoms with van der Waals surface area (Å²) < 4.78 is 0. The van der Waals surface area contributed by atoms with Crippen molar-refractivity contribution < 1.29 is 9.63 Å². The molecule has 0 N–H and O–H groups in total. The van der Waals surface area contributed by atoms with Crippen LogP contribution in [-0.4, -0.2) is 11.7 Å². The third kappa shape index (κ3) is 5.14. The van der Waals surface area contributed by atoms with E-state index in [9.17, 15) is 4.79 Å². The maximum absolute atomic E-state index is 11.7. The molecule has 0 unspecified atom stereocenters. The average Bonchev–Trinajstić information content (AvgIpc) is 2.51. The molecule has 0 amide bonds. The van der Waals surface area contributed by atoms with Crippen LogP contribution in [-0.2, 0) is 9.63 Å². The summed E-state index contributed by atoms with van der Waals surface area (Å²) >= 11 is 0. The summed E-state index contributed by atoms with van der Waals surface area (Å²) in [5.74, 6) is 0.300. The van der Waals surface area contributed by atoms with E-state index in [1.165, 1.54) is 6.08 Å². The predicted molar refractivity (Wildman–Crippen MR) is 90.4 cm³/mol. The van der Waals surface area contributed by atoms with E-state index in [2.05, 4.69) is 25.9 Å². The van der Waals surface area contributed by atoms with Gasteiger partial charge < -0.3 is 4.84 Å². The summed E-state index contributed by atoms with van der Waals surface area (Å²) in [6, 6.07) is 9.67. The molecular formula is C19H25NO2. The van der Waals surface area contributed by atoms with Crippen molar-refractivity contribution in [2.45, 2.75) is 46.5 Å². The number of carbonyl (C=O) groups excluding carboxylic acids is 1. The highest BCUT2D eigenvalue weighted by Crippen LogP contribution is 2.36. The van der Waals surface area contributed by atoms with Crippen molar-refractivity contribution in [1.82, 2.24) is 0 Å². The highest BCUT2D eigenvalue weighted by Gasteiger charge is 2.28. The fourth-order valence-electron chi connectivity index (χ4n) is 2.78. The van der Waals surface area contributed by atoms with Gasteiger partial charge in [0.15, 0.2) is 0 Å². The Labute approximate surface area is 133 Å². The minimum absolute atomic E-state index is 0.348. The van der Waals surface area contributed by atoms with Crippen molar-refractivity contribution in [3.05, 3.63) is 42.0 Å². The topological polar surface area (TPSA) is 38.7 Å². The maximum Gasteiger partial charge on any atom is 0.358 e. The Hall–Kier alpha value is -1.90. The smallest absolute Gasteiger partial charge is 0.314 e. The first-order chi connectivity index (χ1) is 10.4. The summed E-state index contributed by atoms with van der Waals surface area (Å²) in [6.07, 6.45) is 7.26. The first-order valence-electron chi connectivity index (χ1n) is 7.95. The summed E-state index contributed by atoms with van der Waals surface area (Å²) in [5, 5.41) is 4.03. The second-order valence-corrected chi connectivity index (χ2v) is 6.95. The number of carbonyl (C=O) groups is 1. The highest BCUT2D eigenvalue weighted by atomic mass is 16.7. The fourth-order valence-corrected chi connectivity index (χ4v) is 2.78. The number of oxime groups is 1. The molecule has 1 saturated carbocycles. The van der Waals surface area contributed by atoms with Crippen LogP contribution >= 0.6 is 0 Å². The lowest BCUT2D eigenvalue weighted by Gasteiger charge is -2.33. The Morgan fingerprint density at radius 2 is 1.82 bits per heavy atom. The number of rotatable bonds is 3. The van der Waals surface area contributed by atoms with E-state index in [4.69, 9.17) is 4.84 Å². The van der Waals surface area contributed by atoms with Crippen LogP contribution in [0.25, 0.3) is 6.08 Å². The third-order valence-electron chi connectivity index (χ3n) is 4.26. The van der Waals surface area contributed by atoms with Crippen molar-refractivity contribution in [2.75, 3.05) is 0 Å². The summed E-state index contributed by atoms with van der Waals surface area (Å²) in [6.45, 7) is 6.86. The molecular weight excluding hydrogens is 274 g/mol. The van der Waals surface area contributed by atoms with Crippen LogP contribution in [0.2, 0.25) is 0 Å². The van der Waals surface area contributed by atoms with Gasteiger partial charge in [-0.05, 0) is 48.7 Å². The Morgan fingerprint density at radius 3 is 2.41 bits per heavy atom. The maximum atomic E-state index is 11.7. The Kier molecular flexibility index (Phi) is 5.53. The van der Waals surface area contributed by atoms with Gasteiger partial charge in [0, 0.05) is 6.08 Å². The largest absolute Gasteiger partial charge is 0.358 e. The van der Waals surface area contributed by atoms with Crippen LogP contribution in [0.3, 0.4) is 0 Å². The standard InChI is InChI=1S/C19H25NO2/c1-19(2,3)16-10-12-17(13-11-16)20-22-18(21)14-9-15-7-5-4-6-8-15/h4-9,14,16H,10-13H2,1-3H3/b14-9-,20-17?. The second kappa shape index (κ2) is 7.39. The molecule has 0 spiro atoms. The molecule has 3 heteroatoms. The Balaban J connectivity index is 1.80. The van der Waals surface area contributed by atoms with Crippen LogP contribution in [0.4, 0.5) is 0 Å². The predicted octanol–water partition coefficient (Wildman–Crippen LogP) is 4.84. The van der Waals surface area contributed by atoms with E-state index in [1.807, 2.05) is 30.3 Å². The van der Waals surface area contributed by atoms with Crippen LogP contribution in [0.5, 0.6) is 0 Å². The van der Waals surface area contributed by atoms with Crippen LogP contribution in [0.15, 0.2) is 41.6 Å². The lowest BCUT2D eigenvalue weighted by molar-refractivity contribution is -0.137. The van der Waals surface area contributed by atoms with Gasteiger partial charge in [0.1, 0.15) is 0 Å². The van der Waals surface area contributed by atoms with Gasteiger partial charge in [-0.1, -0.05) is 56.3 Å². The number of nitrogens with zero attached hydrogens (tertiary/aromatic N) is 1. The Morgan fingerprint density at radius 1 is 1.18 bits per heavy atom. The van der Waals surface area contributed by atoms with Crippen molar-refractivity contribution in [3.8, 4) is 0 Å². The highest BCUT2D eigenvalue weighted by molar-refractivity contribution is 5.89. The van der Waals surface area contributed by atoms with Gasteiger partial charge in [-0.3, -0.25) is 0 Å². The molecule has 0 aromatic heterocycles. The van der Waals surface area contributed by atoms with E-state index in [1.54, 1.807) is 6.08 Å². The first kappa shape index (κ1) is 16.5. The van der Waals surface area contributed by atoms with Gasteiger partial charge in [-0.15, -0.1) is 0 Å². The van der Waals surface area contributed by atoms with E-state index < -0.39 is 5.97 Å². The molecule has 1 aromatic carbocycles. The minimum atomic E-state index is -0.422. The summed E-state index contributed by atoms with van der Waals surface area (Å²) in [4.78, 5) is 16.7. The molecule has 1 aliphatic carbocycles. The average molecular weight is 299 g/mol. The molecule has 1 fully saturated rings. The van der Waals surface area contributed by atoms with Gasteiger partial charge in [-0.25, -0.2) is 4.79 Å². The van der Waals surface area contributed by atoms with Crippen molar-refractivity contribution in [3.63, 3.8) is 0 Å². The molecule has 118 valence electrons. The quantitative estimate of drug-likeness (QED) is 0.455. The lowest BCUT2D eigenvalue weighted by Crippen LogP contribution is -2.26. The summed E-state index contributed by atoms with van der Waals surface area (Å²) in [5.41, 5.74) is 2.32. The zero-order valence-corrected chi connectivity index (χ0v) is 13.7. The van der Waals surface area contributed by atoms with Crippen LogP contribution in [0, 0.1) is 11.3 Å². The normalized spacial score (nSPS) is 19.2. The molecule has 22 heavy (non-hydrogen) atoms. The van der Waals surface area contributed by atoms with Gasteiger partial charge in [0.05, 0.1) is 5.71 Å². The molecule has 3 nitrogen and oxygen atoms in total. The lowest BCUT2D eigenvalue weighted by atomic mass is 9.72. The monoisotopic (exact) mass is 299 g/mol. The van der Waals surface area contributed by atoms with Crippen molar-refractivity contribution in [1.29, 1.82) is 0 Å². The van der Waals surface area contributed by atoms with Gasteiger partial charge in [0.2, 0.25) is 0 Å². The molecule has 0 atom stereocenters. The summed E-state index contributed by atoms with van der Waals surface area (Å²) in [7, 11) is 0. The zero-order chi connectivity index (χ0) is 16.0. The fraction of sp³-hybridized carbons (Fsp3) is 0.474. The molecule has 0 aliphatic heterocycles. The zero-order valence-electron chi connectivity index (χ0n) is 13.7. The van der Waals surface area contributed by atoms with Crippen molar-refractivity contribution in [2.24, 2.45) is 16.5 Å². The molecule has 1 aliphatic rings. The molecule has 2 rings (SSSR count). The van der Waals surface area contributed by atoms with Gasteiger partial charge in [-0.2, -0.15) is 0 Å². The second-order valence-electron chi connectivity index (χ2n) is 6.95. The molecule has 0 heterocycles. The van der Waals surface area contributed by atoms with Crippen LogP contribution < -0.4 is 0 Å².